The molecular weight excluding hydrogens is 270 g/mol. The van der Waals surface area contributed by atoms with Gasteiger partial charge in [-0.05, 0) is 50.1 Å². The number of nitrogens with one attached hydrogen (secondary N) is 1. The van der Waals surface area contributed by atoms with E-state index in [-0.39, 0.29) is 6.42 Å². The number of aliphatic hydroxyl groups excluding tert-OH is 1. The second-order valence-corrected chi connectivity index (χ2v) is 5.28. The number of benzene rings is 1. The Bertz CT molecular complexity index is 487. The fraction of sp³-hybridized carbons (Fsp3) is 0.562. The molecule has 21 heavy (non-hydrogen) atoms. The molecule has 0 radical (unpaired) electrons. The van der Waals surface area contributed by atoms with E-state index >= 15 is 0 Å². The normalized spacial score (nSPS) is 13.8. The fourth-order valence-electron chi connectivity index (χ4n) is 2.25. The van der Waals surface area contributed by atoms with Crippen molar-refractivity contribution >= 4 is 5.97 Å². The van der Waals surface area contributed by atoms with E-state index in [4.69, 9.17) is 9.84 Å². The van der Waals surface area contributed by atoms with Crippen LogP contribution in [-0.2, 0) is 4.79 Å². The number of aliphatic hydroxyl groups is 1. The first-order chi connectivity index (χ1) is 9.90. The van der Waals surface area contributed by atoms with Gasteiger partial charge in [0.05, 0.1) is 19.6 Å². The first-order valence-electron chi connectivity index (χ1n) is 7.19. The molecule has 1 aromatic rings. The van der Waals surface area contributed by atoms with Crippen molar-refractivity contribution in [2.75, 3.05) is 13.7 Å². The highest BCUT2D eigenvalue weighted by Crippen LogP contribution is 2.31. The monoisotopic (exact) mass is 295 g/mol. The molecule has 5 nitrogen and oxygen atoms in total. The molecule has 0 heterocycles. The van der Waals surface area contributed by atoms with Gasteiger partial charge in [0.1, 0.15) is 5.75 Å². The largest absolute Gasteiger partial charge is 0.496 e. The van der Waals surface area contributed by atoms with Gasteiger partial charge in [0.2, 0.25) is 0 Å². The molecule has 0 aliphatic carbocycles. The molecule has 0 bridgehead atoms. The zero-order valence-electron chi connectivity index (χ0n) is 13.1. The van der Waals surface area contributed by atoms with Gasteiger partial charge in [0.15, 0.2) is 0 Å². The molecule has 0 aromatic heterocycles. The Hall–Kier alpha value is -1.59. The summed E-state index contributed by atoms with van der Waals surface area (Å²) in [6, 6.07) is 3.19. The Morgan fingerprint density at radius 2 is 1.95 bits per heavy atom. The molecule has 2 atom stereocenters. The van der Waals surface area contributed by atoms with Gasteiger partial charge in [-0.2, -0.15) is 0 Å². The number of methoxy groups -OCH3 is 1. The number of carboxylic acid groups (broad SMARTS) is 1. The lowest BCUT2D eigenvalue weighted by Gasteiger charge is -2.25. The summed E-state index contributed by atoms with van der Waals surface area (Å²) in [4.78, 5) is 11.0. The highest BCUT2D eigenvalue weighted by Gasteiger charge is 2.26. The van der Waals surface area contributed by atoms with E-state index in [0.717, 1.165) is 17.5 Å². The van der Waals surface area contributed by atoms with Gasteiger partial charge in [-0.1, -0.05) is 6.92 Å². The number of aryl methyl sites for hydroxylation is 2. The van der Waals surface area contributed by atoms with Gasteiger partial charge in [0.25, 0.3) is 0 Å². The number of rotatable bonds is 8. The Balaban J connectivity index is 3.09. The van der Waals surface area contributed by atoms with Crippen molar-refractivity contribution in [2.24, 2.45) is 0 Å². The van der Waals surface area contributed by atoms with Crippen LogP contribution in [0.2, 0.25) is 0 Å². The summed E-state index contributed by atoms with van der Waals surface area (Å²) >= 11 is 0. The molecule has 0 fully saturated rings. The summed E-state index contributed by atoms with van der Waals surface area (Å²) < 4.78 is 5.33. The maximum Gasteiger partial charge on any atom is 0.305 e. The van der Waals surface area contributed by atoms with Crippen molar-refractivity contribution in [1.29, 1.82) is 0 Å². The quantitative estimate of drug-likeness (QED) is 0.685. The van der Waals surface area contributed by atoms with E-state index in [1.165, 1.54) is 0 Å². The molecule has 1 rings (SSSR count). The SMILES string of the molecule is CCCNC(CC(=O)O)C(O)c1cc(C)c(C)cc1OC. The second kappa shape index (κ2) is 8.00. The average Bonchev–Trinajstić information content (AvgIpc) is 2.44. The number of hydrogen-bond acceptors (Lipinski definition) is 4. The Labute approximate surface area is 125 Å². The van der Waals surface area contributed by atoms with Crippen molar-refractivity contribution in [3.8, 4) is 5.75 Å². The van der Waals surface area contributed by atoms with E-state index in [1.807, 2.05) is 32.9 Å². The number of carbonyl (C=O) groups is 1. The summed E-state index contributed by atoms with van der Waals surface area (Å²) in [6.07, 6.45) is -0.202. The maximum absolute atomic E-state index is 11.0. The van der Waals surface area contributed by atoms with Crippen molar-refractivity contribution < 1.29 is 19.7 Å². The summed E-state index contributed by atoms with van der Waals surface area (Å²) in [7, 11) is 1.55. The van der Waals surface area contributed by atoms with Crippen LogP contribution in [0.15, 0.2) is 12.1 Å². The molecule has 0 saturated carbocycles. The lowest BCUT2D eigenvalue weighted by molar-refractivity contribution is -0.138. The Kier molecular flexibility index (Phi) is 6.65. The van der Waals surface area contributed by atoms with Crippen LogP contribution in [0, 0.1) is 13.8 Å². The Morgan fingerprint density at radius 3 is 2.48 bits per heavy atom. The van der Waals surface area contributed by atoms with Gasteiger partial charge in [-0.25, -0.2) is 0 Å². The molecule has 5 heteroatoms. The van der Waals surface area contributed by atoms with Crippen LogP contribution >= 0.6 is 0 Å². The summed E-state index contributed by atoms with van der Waals surface area (Å²) in [5, 5.41) is 22.7. The number of carboxylic acids is 1. The van der Waals surface area contributed by atoms with Crippen LogP contribution in [0.5, 0.6) is 5.75 Å². The molecule has 0 amide bonds. The van der Waals surface area contributed by atoms with Gasteiger partial charge >= 0.3 is 5.97 Å². The molecule has 3 N–H and O–H groups in total. The predicted octanol–water partition coefficient (Wildman–Crippen LogP) is 2.19. The standard InChI is InChI=1S/C16H25NO4/c1-5-6-17-13(9-15(18)19)16(20)12-7-10(2)11(3)8-14(12)21-4/h7-8,13,16-17,20H,5-6,9H2,1-4H3,(H,18,19). The zero-order valence-corrected chi connectivity index (χ0v) is 13.1. The van der Waals surface area contributed by atoms with Gasteiger partial charge in [-0.3, -0.25) is 4.79 Å². The molecular formula is C16H25NO4. The highest BCUT2D eigenvalue weighted by atomic mass is 16.5. The third kappa shape index (κ3) is 4.72. The molecule has 0 aliphatic heterocycles. The minimum Gasteiger partial charge on any atom is -0.496 e. The van der Waals surface area contributed by atoms with Crippen molar-refractivity contribution in [1.82, 2.24) is 5.32 Å². The minimum atomic E-state index is -0.939. The molecule has 118 valence electrons. The van der Waals surface area contributed by atoms with E-state index in [1.54, 1.807) is 7.11 Å². The number of aliphatic carboxylic acids is 1. The fourth-order valence-corrected chi connectivity index (χ4v) is 2.25. The van der Waals surface area contributed by atoms with Gasteiger partial charge in [0, 0.05) is 11.6 Å². The van der Waals surface area contributed by atoms with Gasteiger partial charge < -0.3 is 20.3 Å². The van der Waals surface area contributed by atoms with Crippen molar-refractivity contribution in [3.05, 3.63) is 28.8 Å². The predicted molar refractivity (Wildman–Crippen MR) is 81.8 cm³/mol. The van der Waals surface area contributed by atoms with E-state index < -0.39 is 18.1 Å². The number of ether oxygens (including phenoxy) is 1. The first kappa shape index (κ1) is 17.5. The highest BCUT2D eigenvalue weighted by molar-refractivity contribution is 5.67. The summed E-state index contributed by atoms with van der Waals surface area (Å²) in [6.45, 7) is 6.57. The van der Waals surface area contributed by atoms with E-state index in [2.05, 4.69) is 5.32 Å². The average molecular weight is 295 g/mol. The minimum absolute atomic E-state index is 0.142. The lowest BCUT2D eigenvalue weighted by Crippen LogP contribution is -2.37. The van der Waals surface area contributed by atoms with Crippen LogP contribution < -0.4 is 10.1 Å². The van der Waals surface area contributed by atoms with Crippen LogP contribution in [0.1, 0.15) is 42.6 Å². The van der Waals surface area contributed by atoms with Crippen LogP contribution in [0.25, 0.3) is 0 Å². The maximum atomic E-state index is 11.0. The molecule has 0 aliphatic rings. The molecule has 1 aromatic carbocycles. The first-order valence-corrected chi connectivity index (χ1v) is 7.19. The van der Waals surface area contributed by atoms with Crippen LogP contribution in [0.3, 0.4) is 0 Å². The number of hydrogen-bond donors (Lipinski definition) is 3. The lowest BCUT2D eigenvalue weighted by atomic mass is 9.95. The van der Waals surface area contributed by atoms with Gasteiger partial charge in [-0.15, -0.1) is 0 Å². The molecule has 2 unspecified atom stereocenters. The van der Waals surface area contributed by atoms with E-state index in [9.17, 15) is 9.90 Å². The Morgan fingerprint density at radius 1 is 1.33 bits per heavy atom. The molecule has 0 saturated heterocycles. The third-order valence-corrected chi connectivity index (χ3v) is 3.60. The summed E-state index contributed by atoms with van der Waals surface area (Å²) in [5.74, 6) is -0.357. The van der Waals surface area contributed by atoms with Crippen LogP contribution in [0.4, 0.5) is 0 Å². The van der Waals surface area contributed by atoms with Crippen LogP contribution in [-0.4, -0.2) is 35.9 Å². The topological polar surface area (TPSA) is 78.8 Å². The van der Waals surface area contributed by atoms with E-state index in [0.29, 0.717) is 17.9 Å². The third-order valence-electron chi connectivity index (χ3n) is 3.60. The van der Waals surface area contributed by atoms with Crippen molar-refractivity contribution in [2.45, 2.75) is 45.8 Å². The smallest absolute Gasteiger partial charge is 0.305 e. The van der Waals surface area contributed by atoms with Crippen molar-refractivity contribution in [3.63, 3.8) is 0 Å². The zero-order chi connectivity index (χ0) is 16.0. The molecule has 0 spiro atoms. The second-order valence-electron chi connectivity index (χ2n) is 5.28. The summed E-state index contributed by atoms with van der Waals surface area (Å²) in [5.41, 5.74) is 2.73.